The van der Waals surface area contributed by atoms with Gasteiger partial charge in [-0.2, -0.15) is 0 Å². The predicted octanol–water partition coefficient (Wildman–Crippen LogP) is 6.09. The molecule has 6 nitrogen and oxygen atoms in total. The summed E-state index contributed by atoms with van der Waals surface area (Å²) in [6, 6.07) is 30.4. The number of carbonyl (C=O) groups is 1. The fourth-order valence-electron chi connectivity index (χ4n) is 3.64. The lowest BCUT2D eigenvalue weighted by Gasteiger charge is -2.14. The molecule has 0 aliphatic rings. The van der Waals surface area contributed by atoms with Crippen LogP contribution in [-0.4, -0.2) is 21.0 Å². The van der Waals surface area contributed by atoms with Crippen molar-refractivity contribution in [3.8, 4) is 22.9 Å². The van der Waals surface area contributed by atoms with E-state index in [9.17, 15) is 9.90 Å². The Balaban J connectivity index is 1.45. The van der Waals surface area contributed by atoms with Gasteiger partial charge in [0, 0.05) is 5.56 Å². The molecule has 0 unspecified atom stereocenters. The summed E-state index contributed by atoms with van der Waals surface area (Å²) in [6.07, 6.45) is 0. The molecule has 5 rings (SSSR count). The number of hydrogen-bond donors (Lipinski definition) is 2. The molecule has 5 aromatic rings. The van der Waals surface area contributed by atoms with E-state index in [0.717, 1.165) is 16.7 Å². The third-order valence-electron chi connectivity index (χ3n) is 5.42. The van der Waals surface area contributed by atoms with Gasteiger partial charge in [-0.25, -0.2) is 9.78 Å². The lowest BCUT2D eigenvalue weighted by Crippen LogP contribution is -2.01. The van der Waals surface area contributed by atoms with Gasteiger partial charge in [0.1, 0.15) is 19.0 Å². The molecular weight excluding hydrogens is 428 g/mol. The standard InChI is InChI=1S/C28H22N2O4/c31-28(32)22-11-13-23-24(15-22)30-27(29-23)21-12-14-25(33-17-19-7-3-1-4-8-19)26(16-21)34-18-20-9-5-2-6-10-20/h1-16H,17-18H2,(H,29,30)(H,31,32). The molecule has 0 aliphatic heterocycles. The molecule has 0 atom stereocenters. The number of ether oxygens (including phenoxy) is 2. The van der Waals surface area contributed by atoms with Crippen molar-refractivity contribution < 1.29 is 19.4 Å². The van der Waals surface area contributed by atoms with Gasteiger partial charge in [-0.05, 0) is 47.5 Å². The van der Waals surface area contributed by atoms with Crippen LogP contribution in [-0.2, 0) is 13.2 Å². The number of nitrogens with zero attached hydrogens (tertiary/aromatic N) is 1. The zero-order chi connectivity index (χ0) is 23.3. The molecule has 0 bridgehead atoms. The Hall–Kier alpha value is -4.58. The van der Waals surface area contributed by atoms with E-state index in [2.05, 4.69) is 9.97 Å². The molecule has 1 heterocycles. The zero-order valence-electron chi connectivity index (χ0n) is 18.3. The second kappa shape index (κ2) is 9.50. The number of fused-ring (bicyclic) bond motifs is 1. The molecule has 0 saturated carbocycles. The van der Waals surface area contributed by atoms with Crippen molar-refractivity contribution in [2.24, 2.45) is 0 Å². The number of benzene rings is 4. The highest BCUT2D eigenvalue weighted by Gasteiger charge is 2.13. The maximum absolute atomic E-state index is 11.3. The third-order valence-corrected chi connectivity index (χ3v) is 5.42. The van der Waals surface area contributed by atoms with Crippen molar-refractivity contribution in [1.29, 1.82) is 0 Å². The molecule has 0 amide bonds. The summed E-state index contributed by atoms with van der Waals surface area (Å²) in [4.78, 5) is 19.1. The maximum Gasteiger partial charge on any atom is 0.335 e. The molecule has 0 spiro atoms. The van der Waals surface area contributed by atoms with Crippen molar-refractivity contribution in [3.63, 3.8) is 0 Å². The number of rotatable bonds is 8. The van der Waals surface area contributed by atoms with E-state index in [4.69, 9.17) is 9.47 Å². The number of nitrogens with one attached hydrogen (secondary N) is 1. The summed E-state index contributed by atoms with van der Waals surface area (Å²) < 4.78 is 12.2. The number of aromatic amines is 1. The fourth-order valence-corrected chi connectivity index (χ4v) is 3.64. The minimum atomic E-state index is -0.977. The smallest absolute Gasteiger partial charge is 0.335 e. The molecule has 0 fully saturated rings. The monoisotopic (exact) mass is 450 g/mol. The molecular formula is C28H22N2O4. The van der Waals surface area contributed by atoms with E-state index in [-0.39, 0.29) is 5.56 Å². The highest BCUT2D eigenvalue weighted by atomic mass is 16.5. The molecule has 1 aromatic heterocycles. The van der Waals surface area contributed by atoms with E-state index in [0.29, 0.717) is 41.6 Å². The van der Waals surface area contributed by atoms with Gasteiger partial charge >= 0.3 is 5.97 Å². The Morgan fingerprint density at radius 1 is 0.765 bits per heavy atom. The molecule has 168 valence electrons. The first kappa shape index (κ1) is 21.3. The van der Waals surface area contributed by atoms with Crippen LogP contribution in [0.2, 0.25) is 0 Å². The van der Waals surface area contributed by atoms with Crippen LogP contribution in [0, 0.1) is 0 Å². The summed E-state index contributed by atoms with van der Waals surface area (Å²) in [5.41, 5.74) is 4.48. The number of hydrogen-bond acceptors (Lipinski definition) is 4. The van der Waals surface area contributed by atoms with E-state index in [1.165, 1.54) is 0 Å². The summed E-state index contributed by atoms with van der Waals surface area (Å²) in [5.74, 6) is 0.878. The van der Waals surface area contributed by atoms with Gasteiger partial charge in [0.15, 0.2) is 11.5 Å². The quantitative estimate of drug-likeness (QED) is 0.299. The zero-order valence-corrected chi connectivity index (χ0v) is 18.3. The fraction of sp³-hybridized carbons (Fsp3) is 0.0714. The largest absolute Gasteiger partial charge is 0.485 e. The van der Waals surface area contributed by atoms with Gasteiger partial charge in [0.25, 0.3) is 0 Å². The van der Waals surface area contributed by atoms with Crippen molar-refractivity contribution in [3.05, 3.63) is 114 Å². The molecule has 0 aliphatic carbocycles. The lowest BCUT2D eigenvalue weighted by molar-refractivity contribution is 0.0697. The van der Waals surface area contributed by atoms with Crippen LogP contribution in [0.3, 0.4) is 0 Å². The Kier molecular flexibility index (Phi) is 5.95. The third kappa shape index (κ3) is 4.76. The second-order valence-corrected chi connectivity index (χ2v) is 7.83. The van der Waals surface area contributed by atoms with Gasteiger partial charge in [0.2, 0.25) is 0 Å². The summed E-state index contributed by atoms with van der Waals surface area (Å²) in [6.45, 7) is 0.818. The predicted molar refractivity (Wildman–Crippen MR) is 130 cm³/mol. The minimum Gasteiger partial charge on any atom is -0.485 e. The average Bonchev–Trinajstić information content (AvgIpc) is 3.31. The van der Waals surface area contributed by atoms with Crippen LogP contribution < -0.4 is 9.47 Å². The summed E-state index contributed by atoms with van der Waals surface area (Å²) >= 11 is 0. The van der Waals surface area contributed by atoms with E-state index >= 15 is 0 Å². The van der Waals surface area contributed by atoms with Crippen LogP contribution in [0.5, 0.6) is 11.5 Å². The molecule has 6 heteroatoms. The van der Waals surface area contributed by atoms with Crippen molar-refractivity contribution in [2.45, 2.75) is 13.2 Å². The topological polar surface area (TPSA) is 84.4 Å². The molecule has 4 aromatic carbocycles. The number of imidazole rings is 1. The lowest BCUT2D eigenvalue weighted by atomic mass is 10.2. The van der Waals surface area contributed by atoms with Crippen molar-refractivity contribution in [1.82, 2.24) is 9.97 Å². The first-order valence-electron chi connectivity index (χ1n) is 10.9. The number of aromatic carboxylic acids is 1. The maximum atomic E-state index is 11.3. The normalized spacial score (nSPS) is 10.8. The average molecular weight is 450 g/mol. The molecule has 0 saturated heterocycles. The van der Waals surface area contributed by atoms with Crippen LogP contribution >= 0.6 is 0 Å². The number of carboxylic acids is 1. The van der Waals surface area contributed by atoms with Crippen LogP contribution in [0.1, 0.15) is 21.5 Å². The Morgan fingerprint density at radius 3 is 2.06 bits per heavy atom. The first-order chi connectivity index (χ1) is 16.7. The second-order valence-electron chi connectivity index (χ2n) is 7.83. The van der Waals surface area contributed by atoms with Crippen molar-refractivity contribution in [2.75, 3.05) is 0 Å². The molecule has 2 N–H and O–H groups in total. The van der Waals surface area contributed by atoms with Crippen LogP contribution in [0.4, 0.5) is 0 Å². The Labute approximate surface area is 196 Å². The van der Waals surface area contributed by atoms with Gasteiger partial charge in [-0.3, -0.25) is 0 Å². The summed E-state index contributed by atoms with van der Waals surface area (Å²) in [7, 11) is 0. The highest BCUT2D eigenvalue weighted by Crippen LogP contribution is 2.34. The van der Waals surface area contributed by atoms with Gasteiger partial charge in [0.05, 0.1) is 16.6 Å². The van der Waals surface area contributed by atoms with Gasteiger partial charge in [-0.15, -0.1) is 0 Å². The number of aromatic nitrogens is 2. The number of carboxylic acid groups (broad SMARTS) is 1. The summed E-state index contributed by atoms with van der Waals surface area (Å²) in [5, 5.41) is 9.26. The minimum absolute atomic E-state index is 0.208. The highest BCUT2D eigenvalue weighted by molar-refractivity contribution is 5.93. The van der Waals surface area contributed by atoms with E-state index < -0.39 is 5.97 Å². The van der Waals surface area contributed by atoms with Gasteiger partial charge in [-0.1, -0.05) is 60.7 Å². The van der Waals surface area contributed by atoms with Crippen LogP contribution in [0.25, 0.3) is 22.4 Å². The van der Waals surface area contributed by atoms with Crippen molar-refractivity contribution >= 4 is 17.0 Å². The molecule has 0 radical (unpaired) electrons. The van der Waals surface area contributed by atoms with E-state index in [1.807, 2.05) is 78.9 Å². The van der Waals surface area contributed by atoms with Crippen LogP contribution in [0.15, 0.2) is 97.1 Å². The number of H-pyrrole nitrogens is 1. The first-order valence-corrected chi connectivity index (χ1v) is 10.9. The Bertz CT molecular complexity index is 1430. The van der Waals surface area contributed by atoms with Gasteiger partial charge < -0.3 is 19.6 Å². The van der Waals surface area contributed by atoms with E-state index in [1.54, 1.807) is 18.2 Å². The molecule has 34 heavy (non-hydrogen) atoms. The Morgan fingerprint density at radius 2 is 1.41 bits per heavy atom. The SMILES string of the molecule is O=C(O)c1ccc2nc(-c3ccc(OCc4ccccc4)c(OCc4ccccc4)c3)[nH]c2c1.